The van der Waals surface area contributed by atoms with Crippen LogP contribution < -0.4 is 0 Å². The van der Waals surface area contributed by atoms with Crippen molar-refractivity contribution in [1.29, 1.82) is 0 Å². The molecule has 0 saturated carbocycles. The van der Waals surface area contributed by atoms with Crippen LogP contribution in [0.15, 0.2) is 0 Å². The van der Waals surface area contributed by atoms with Gasteiger partial charge in [0.1, 0.15) is 11.7 Å². The van der Waals surface area contributed by atoms with Crippen LogP contribution >= 0.6 is 23.2 Å². The molecule has 0 heterocycles. The van der Waals surface area contributed by atoms with E-state index in [1.807, 2.05) is 0 Å². The van der Waals surface area contributed by atoms with Crippen LogP contribution in [0.2, 0.25) is 0 Å². The maximum absolute atomic E-state index is 10.4. The SMILES string of the molecule is CC(C)(OCCl)C(=O)Cl. The van der Waals surface area contributed by atoms with E-state index in [1.54, 1.807) is 13.8 Å². The summed E-state index contributed by atoms with van der Waals surface area (Å²) in [5, 5.41) is -0.539. The zero-order chi connectivity index (χ0) is 7.49. The van der Waals surface area contributed by atoms with Gasteiger partial charge in [0.25, 0.3) is 5.24 Å². The Morgan fingerprint density at radius 3 is 2.22 bits per heavy atom. The summed E-state index contributed by atoms with van der Waals surface area (Å²) in [5.74, 6) is 0. The van der Waals surface area contributed by atoms with Gasteiger partial charge in [-0.15, -0.1) is 0 Å². The molecular weight excluding hydrogens is 163 g/mol. The van der Waals surface area contributed by atoms with Gasteiger partial charge in [0.2, 0.25) is 0 Å². The first kappa shape index (κ1) is 9.21. The standard InChI is InChI=1S/C5H8Cl2O2/c1-5(2,4(7)8)9-3-6/h3H2,1-2H3. The number of alkyl halides is 1. The normalized spacial score (nSPS) is 11.6. The van der Waals surface area contributed by atoms with Gasteiger partial charge in [-0.3, -0.25) is 4.79 Å². The lowest BCUT2D eigenvalue weighted by atomic mass is 10.2. The van der Waals surface area contributed by atoms with E-state index in [1.165, 1.54) is 0 Å². The lowest BCUT2D eigenvalue weighted by Gasteiger charge is -2.17. The van der Waals surface area contributed by atoms with E-state index in [0.717, 1.165) is 0 Å². The fraction of sp³-hybridized carbons (Fsp3) is 0.800. The molecule has 54 valence electrons. The van der Waals surface area contributed by atoms with Crippen molar-refractivity contribution in [1.82, 2.24) is 0 Å². The Bertz CT molecular complexity index is 112. The molecule has 0 radical (unpaired) electrons. The number of halogens is 2. The minimum Gasteiger partial charge on any atom is -0.351 e. The van der Waals surface area contributed by atoms with E-state index >= 15 is 0 Å². The van der Waals surface area contributed by atoms with Crippen molar-refractivity contribution in [2.24, 2.45) is 0 Å². The van der Waals surface area contributed by atoms with Gasteiger partial charge in [0, 0.05) is 0 Å². The zero-order valence-electron chi connectivity index (χ0n) is 5.28. The Balaban J connectivity index is 3.85. The highest BCUT2D eigenvalue weighted by atomic mass is 35.5. The average Bonchev–Trinajstić information content (AvgIpc) is 1.65. The quantitative estimate of drug-likeness (QED) is 0.477. The summed E-state index contributed by atoms with van der Waals surface area (Å²) in [6.07, 6.45) is 0. The van der Waals surface area contributed by atoms with Crippen LogP contribution in [0, 0.1) is 0 Å². The summed E-state index contributed by atoms with van der Waals surface area (Å²) in [6.45, 7) is 3.12. The molecule has 0 fully saturated rings. The van der Waals surface area contributed by atoms with Crippen molar-refractivity contribution in [3.8, 4) is 0 Å². The van der Waals surface area contributed by atoms with E-state index in [4.69, 9.17) is 27.9 Å². The molecule has 0 bridgehead atoms. The van der Waals surface area contributed by atoms with Gasteiger partial charge in [-0.05, 0) is 25.4 Å². The van der Waals surface area contributed by atoms with E-state index in [-0.39, 0.29) is 6.07 Å². The summed E-state index contributed by atoms with van der Waals surface area (Å²) in [6, 6.07) is -0.0224. The minimum atomic E-state index is -0.955. The lowest BCUT2D eigenvalue weighted by Crippen LogP contribution is -2.30. The Morgan fingerprint density at radius 1 is 1.67 bits per heavy atom. The number of carbonyl (C=O) groups excluding carboxylic acids is 1. The number of carbonyl (C=O) groups is 1. The van der Waals surface area contributed by atoms with Gasteiger partial charge in [0.15, 0.2) is 0 Å². The molecule has 0 atom stereocenters. The molecular formula is C5H8Cl2O2. The maximum atomic E-state index is 10.4. The second-order valence-corrected chi connectivity index (χ2v) is 2.60. The van der Waals surface area contributed by atoms with Crippen LogP contribution in [0.5, 0.6) is 0 Å². The summed E-state index contributed by atoms with van der Waals surface area (Å²) < 4.78 is 4.77. The third-order valence-corrected chi connectivity index (χ3v) is 1.45. The molecule has 2 nitrogen and oxygen atoms in total. The van der Waals surface area contributed by atoms with Crippen molar-refractivity contribution >= 4 is 28.4 Å². The third-order valence-electron chi connectivity index (χ3n) is 0.889. The molecule has 0 aliphatic carbocycles. The van der Waals surface area contributed by atoms with Gasteiger partial charge in [-0.1, -0.05) is 11.6 Å². The molecule has 9 heavy (non-hydrogen) atoms. The fourth-order valence-corrected chi connectivity index (χ4v) is 0.520. The fourth-order valence-electron chi connectivity index (χ4n) is 0.193. The molecule has 0 N–H and O–H groups in total. The Hall–Kier alpha value is 0.210. The van der Waals surface area contributed by atoms with E-state index in [0.29, 0.717) is 0 Å². The molecule has 0 unspecified atom stereocenters. The molecule has 4 heteroatoms. The molecule has 0 rings (SSSR count). The van der Waals surface area contributed by atoms with Crippen molar-refractivity contribution < 1.29 is 9.53 Å². The number of rotatable bonds is 3. The molecule has 0 aromatic carbocycles. The van der Waals surface area contributed by atoms with E-state index in [2.05, 4.69) is 0 Å². The second kappa shape index (κ2) is 3.40. The number of hydrogen-bond acceptors (Lipinski definition) is 2. The predicted molar refractivity (Wildman–Crippen MR) is 36.7 cm³/mol. The third kappa shape index (κ3) is 3.04. The summed E-state index contributed by atoms with van der Waals surface area (Å²) in [5.41, 5.74) is -0.955. The first-order valence-corrected chi connectivity index (χ1v) is 3.32. The molecule has 0 spiro atoms. The highest BCUT2D eigenvalue weighted by molar-refractivity contribution is 6.65. The van der Waals surface area contributed by atoms with E-state index < -0.39 is 10.8 Å². The lowest BCUT2D eigenvalue weighted by molar-refractivity contribution is -0.129. The topological polar surface area (TPSA) is 26.3 Å². The molecule has 0 aromatic rings. The van der Waals surface area contributed by atoms with Crippen molar-refractivity contribution in [2.45, 2.75) is 19.4 Å². The minimum absolute atomic E-state index is 0.0224. The van der Waals surface area contributed by atoms with Gasteiger partial charge in [-0.2, -0.15) is 0 Å². The monoisotopic (exact) mass is 170 g/mol. The molecule has 0 aliphatic heterocycles. The predicted octanol–water partition coefficient (Wildman–Crippen LogP) is 1.74. The number of ether oxygens (including phenoxy) is 1. The maximum Gasteiger partial charge on any atom is 0.253 e. The van der Waals surface area contributed by atoms with Crippen LogP contribution in [0.4, 0.5) is 0 Å². The summed E-state index contributed by atoms with van der Waals surface area (Å²) in [4.78, 5) is 10.4. The Morgan fingerprint density at radius 2 is 2.11 bits per heavy atom. The Labute approximate surface area is 64.1 Å². The Kier molecular flexibility index (Phi) is 3.48. The smallest absolute Gasteiger partial charge is 0.253 e. The summed E-state index contributed by atoms with van der Waals surface area (Å²) >= 11 is 10.3. The molecule has 0 amide bonds. The van der Waals surface area contributed by atoms with Crippen molar-refractivity contribution in [3.63, 3.8) is 0 Å². The molecule has 0 saturated heterocycles. The van der Waals surface area contributed by atoms with Gasteiger partial charge >= 0.3 is 0 Å². The highest BCUT2D eigenvalue weighted by Gasteiger charge is 2.25. The van der Waals surface area contributed by atoms with Gasteiger partial charge in [0.05, 0.1) is 0 Å². The van der Waals surface area contributed by atoms with Crippen molar-refractivity contribution in [2.75, 3.05) is 6.07 Å². The van der Waals surface area contributed by atoms with Crippen LogP contribution in [-0.4, -0.2) is 16.9 Å². The van der Waals surface area contributed by atoms with Crippen LogP contribution in [0.3, 0.4) is 0 Å². The second-order valence-electron chi connectivity index (χ2n) is 2.04. The zero-order valence-corrected chi connectivity index (χ0v) is 6.79. The first-order valence-electron chi connectivity index (χ1n) is 2.40. The highest BCUT2D eigenvalue weighted by Crippen LogP contribution is 2.12. The van der Waals surface area contributed by atoms with Crippen LogP contribution in [0.1, 0.15) is 13.8 Å². The van der Waals surface area contributed by atoms with Crippen molar-refractivity contribution in [3.05, 3.63) is 0 Å². The van der Waals surface area contributed by atoms with E-state index in [9.17, 15) is 4.79 Å². The van der Waals surface area contributed by atoms with Crippen LogP contribution in [0.25, 0.3) is 0 Å². The largest absolute Gasteiger partial charge is 0.351 e. The summed E-state index contributed by atoms with van der Waals surface area (Å²) in [7, 11) is 0. The number of hydrogen-bond donors (Lipinski definition) is 0. The molecule has 0 aliphatic rings. The average molecular weight is 171 g/mol. The van der Waals surface area contributed by atoms with Gasteiger partial charge in [-0.25, -0.2) is 0 Å². The van der Waals surface area contributed by atoms with Crippen LogP contribution in [-0.2, 0) is 9.53 Å². The van der Waals surface area contributed by atoms with Gasteiger partial charge < -0.3 is 4.74 Å². The molecule has 0 aromatic heterocycles. The first-order chi connectivity index (χ1) is 4.00.